The Morgan fingerprint density at radius 2 is 1.85 bits per heavy atom. The molecule has 0 saturated heterocycles. The van der Waals surface area contributed by atoms with Crippen LogP contribution in [0.1, 0.15) is 6.92 Å². The molecule has 8 nitrogen and oxygen atoms in total. The van der Waals surface area contributed by atoms with Gasteiger partial charge >= 0.3 is 6.36 Å². The molecule has 170 valence electrons. The predicted molar refractivity (Wildman–Crippen MR) is 117 cm³/mol. The number of H-pyrrole nitrogens is 1. The van der Waals surface area contributed by atoms with Gasteiger partial charge < -0.3 is 15.0 Å². The second-order valence-corrected chi connectivity index (χ2v) is 8.15. The van der Waals surface area contributed by atoms with Crippen LogP contribution in [0.15, 0.2) is 70.7 Å². The molecule has 2 heterocycles. The van der Waals surface area contributed by atoms with Crippen LogP contribution in [-0.4, -0.2) is 37.3 Å². The van der Waals surface area contributed by atoms with Crippen LogP contribution in [0.4, 0.5) is 18.9 Å². The number of aromatic amines is 1. The molecule has 0 aliphatic carbocycles. The quantitative estimate of drug-likeness (QED) is 0.321. The van der Waals surface area contributed by atoms with E-state index in [4.69, 9.17) is 0 Å². The Kier molecular flexibility index (Phi) is 6.09. The number of anilines is 1. The van der Waals surface area contributed by atoms with Gasteiger partial charge in [0, 0.05) is 5.69 Å². The highest BCUT2D eigenvalue weighted by Crippen LogP contribution is 2.25. The lowest BCUT2D eigenvalue weighted by Crippen LogP contribution is -2.23. The third kappa shape index (κ3) is 5.34. The minimum atomic E-state index is -4.79. The summed E-state index contributed by atoms with van der Waals surface area (Å²) in [6.45, 7) is 1.61. The molecule has 0 saturated carbocycles. The summed E-state index contributed by atoms with van der Waals surface area (Å²) in [5, 5.41) is 6.69. The van der Waals surface area contributed by atoms with Crippen LogP contribution in [-0.2, 0) is 4.79 Å². The smallest absolute Gasteiger partial charge is 0.406 e. The number of hydrogen-bond acceptors (Lipinski definition) is 6. The van der Waals surface area contributed by atoms with Crippen LogP contribution in [0.3, 0.4) is 0 Å². The Balaban J connectivity index is 1.48. The van der Waals surface area contributed by atoms with Crippen molar-refractivity contribution in [3.05, 3.63) is 71.1 Å². The number of thioether (sulfide) groups is 1. The van der Waals surface area contributed by atoms with Gasteiger partial charge in [0.2, 0.25) is 5.91 Å². The van der Waals surface area contributed by atoms with E-state index in [0.29, 0.717) is 16.7 Å². The lowest BCUT2D eigenvalue weighted by Gasteiger charge is -2.13. The predicted octanol–water partition coefficient (Wildman–Crippen LogP) is 4.13. The number of carbonyl (C=O) groups excluding carboxylic acids is 1. The van der Waals surface area contributed by atoms with Crippen molar-refractivity contribution < 1.29 is 22.7 Å². The maximum atomic E-state index is 12.5. The SMILES string of the molecule is C[C@@H](Sc1nc2c(cnn2-c2ccccc2)c(=O)[nH]1)C(=O)Nc1ccc(OC(F)(F)F)cc1. The van der Waals surface area contributed by atoms with E-state index in [9.17, 15) is 22.8 Å². The first-order valence-electron chi connectivity index (χ1n) is 9.56. The summed E-state index contributed by atoms with van der Waals surface area (Å²) in [7, 11) is 0. The van der Waals surface area contributed by atoms with Gasteiger partial charge in [-0.1, -0.05) is 30.0 Å². The first kappa shape index (κ1) is 22.4. The van der Waals surface area contributed by atoms with Crippen LogP contribution in [0.2, 0.25) is 0 Å². The van der Waals surface area contributed by atoms with Crippen molar-refractivity contribution in [3.63, 3.8) is 0 Å². The summed E-state index contributed by atoms with van der Waals surface area (Å²) in [5.74, 6) is -0.822. The molecule has 0 bridgehead atoms. The molecular formula is C21H16F3N5O3S. The van der Waals surface area contributed by atoms with Gasteiger partial charge in [-0.05, 0) is 43.3 Å². The van der Waals surface area contributed by atoms with Crippen LogP contribution in [0, 0.1) is 0 Å². The molecule has 0 fully saturated rings. The Morgan fingerprint density at radius 3 is 2.52 bits per heavy atom. The van der Waals surface area contributed by atoms with E-state index in [1.807, 2.05) is 30.3 Å². The maximum Gasteiger partial charge on any atom is 0.573 e. The van der Waals surface area contributed by atoms with E-state index in [1.54, 1.807) is 6.92 Å². The molecule has 0 spiro atoms. The molecule has 0 unspecified atom stereocenters. The zero-order valence-corrected chi connectivity index (χ0v) is 17.8. The molecule has 0 radical (unpaired) electrons. The standard InChI is InChI=1S/C21H16F3N5O3S/c1-12(18(30)26-13-7-9-15(10-8-13)32-21(22,23)24)33-20-27-17-16(19(31)28-20)11-25-29(17)14-5-3-2-4-6-14/h2-12H,1H3,(H,26,30)(H,27,28,31)/t12-/m1/s1. The third-order valence-corrected chi connectivity index (χ3v) is 5.41. The van der Waals surface area contributed by atoms with Gasteiger partial charge in [-0.3, -0.25) is 9.59 Å². The van der Waals surface area contributed by atoms with Gasteiger partial charge in [0.05, 0.1) is 17.1 Å². The number of ether oxygens (including phenoxy) is 1. The summed E-state index contributed by atoms with van der Waals surface area (Å²) >= 11 is 1.02. The number of amides is 1. The number of alkyl halides is 3. The molecule has 2 N–H and O–H groups in total. The number of carbonyl (C=O) groups is 1. The zero-order chi connectivity index (χ0) is 23.6. The van der Waals surface area contributed by atoms with E-state index in [2.05, 4.69) is 25.1 Å². The Morgan fingerprint density at radius 1 is 1.15 bits per heavy atom. The summed E-state index contributed by atoms with van der Waals surface area (Å²) in [4.78, 5) is 32.1. The molecule has 0 aliphatic rings. The van der Waals surface area contributed by atoms with Crippen molar-refractivity contribution in [3.8, 4) is 11.4 Å². The van der Waals surface area contributed by atoms with Gasteiger partial charge in [-0.15, -0.1) is 13.2 Å². The molecule has 0 aliphatic heterocycles. The number of benzene rings is 2. The first-order chi connectivity index (χ1) is 15.7. The summed E-state index contributed by atoms with van der Waals surface area (Å²) in [6, 6.07) is 13.9. The number of para-hydroxylation sites is 1. The number of halogens is 3. The first-order valence-corrected chi connectivity index (χ1v) is 10.4. The third-order valence-electron chi connectivity index (χ3n) is 4.43. The molecular weight excluding hydrogens is 459 g/mol. The lowest BCUT2D eigenvalue weighted by molar-refractivity contribution is -0.274. The Bertz CT molecular complexity index is 1340. The molecule has 2 aromatic carbocycles. The Labute approximate surface area is 188 Å². The summed E-state index contributed by atoms with van der Waals surface area (Å²) in [5.41, 5.74) is 0.976. The molecule has 2 aromatic heterocycles. The van der Waals surface area contributed by atoms with Gasteiger partial charge in [0.1, 0.15) is 11.1 Å². The minimum absolute atomic E-state index is 0.224. The number of fused-ring (bicyclic) bond motifs is 1. The van der Waals surface area contributed by atoms with Gasteiger partial charge in [-0.2, -0.15) is 5.10 Å². The molecule has 4 rings (SSSR count). The van der Waals surface area contributed by atoms with E-state index in [-0.39, 0.29) is 5.16 Å². The van der Waals surface area contributed by atoms with E-state index in [1.165, 1.54) is 23.0 Å². The number of nitrogens with one attached hydrogen (secondary N) is 2. The van der Waals surface area contributed by atoms with Crippen molar-refractivity contribution in [2.24, 2.45) is 0 Å². The van der Waals surface area contributed by atoms with Crippen LogP contribution in [0.5, 0.6) is 5.75 Å². The maximum absolute atomic E-state index is 12.5. The molecule has 33 heavy (non-hydrogen) atoms. The Hall–Kier alpha value is -3.80. The fourth-order valence-electron chi connectivity index (χ4n) is 2.92. The number of nitrogens with zero attached hydrogens (tertiary/aromatic N) is 3. The normalized spacial score (nSPS) is 12.5. The monoisotopic (exact) mass is 475 g/mol. The molecule has 1 amide bonds. The molecule has 1 atom stereocenters. The largest absolute Gasteiger partial charge is 0.573 e. The van der Waals surface area contributed by atoms with Crippen molar-refractivity contribution >= 4 is 34.4 Å². The van der Waals surface area contributed by atoms with Crippen LogP contribution < -0.4 is 15.6 Å². The number of aromatic nitrogens is 4. The van der Waals surface area contributed by atoms with Crippen LogP contribution >= 0.6 is 11.8 Å². The van der Waals surface area contributed by atoms with E-state index >= 15 is 0 Å². The van der Waals surface area contributed by atoms with Crippen LogP contribution in [0.25, 0.3) is 16.7 Å². The van der Waals surface area contributed by atoms with Gasteiger partial charge in [0.25, 0.3) is 5.56 Å². The summed E-state index contributed by atoms with van der Waals surface area (Å²) in [6.07, 6.45) is -3.37. The average molecular weight is 475 g/mol. The second-order valence-electron chi connectivity index (χ2n) is 6.82. The lowest BCUT2D eigenvalue weighted by atomic mass is 10.3. The fourth-order valence-corrected chi connectivity index (χ4v) is 3.71. The second kappa shape index (κ2) is 8.98. The van der Waals surface area contributed by atoms with Crippen molar-refractivity contribution in [1.29, 1.82) is 0 Å². The summed E-state index contributed by atoms with van der Waals surface area (Å²) < 4.78 is 42.1. The van der Waals surface area contributed by atoms with Gasteiger partial charge in [0.15, 0.2) is 10.8 Å². The molecule has 4 aromatic rings. The topological polar surface area (TPSA) is 102 Å². The highest BCUT2D eigenvalue weighted by atomic mass is 32.2. The van der Waals surface area contributed by atoms with Crippen molar-refractivity contribution in [2.75, 3.05) is 5.32 Å². The highest BCUT2D eigenvalue weighted by molar-refractivity contribution is 8.00. The average Bonchev–Trinajstić information content (AvgIpc) is 3.19. The fraction of sp³-hybridized carbons (Fsp3) is 0.143. The number of hydrogen-bond donors (Lipinski definition) is 2. The zero-order valence-electron chi connectivity index (χ0n) is 17.0. The van der Waals surface area contributed by atoms with Gasteiger partial charge in [-0.25, -0.2) is 9.67 Å². The highest BCUT2D eigenvalue weighted by Gasteiger charge is 2.31. The van der Waals surface area contributed by atoms with E-state index < -0.39 is 28.8 Å². The van der Waals surface area contributed by atoms with Crippen molar-refractivity contribution in [1.82, 2.24) is 19.7 Å². The van der Waals surface area contributed by atoms with Crippen molar-refractivity contribution in [2.45, 2.75) is 23.7 Å². The molecule has 12 heteroatoms. The number of rotatable bonds is 6. The van der Waals surface area contributed by atoms with E-state index in [0.717, 1.165) is 29.6 Å². The minimum Gasteiger partial charge on any atom is -0.406 e.